The summed E-state index contributed by atoms with van der Waals surface area (Å²) < 4.78 is 2.22. The molecule has 0 aliphatic carbocycles. The Kier molecular flexibility index (Phi) is 13.0. The zero-order valence-corrected chi connectivity index (χ0v) is 17.6. The average Bonchev–Trinajstić information content (AvgIpc) is 3.24. The normalized spacial score (nSPS) is 8.62. The summed E-state index contributed by atoms with van der Waals surface area (Å²) >= 11 is 1.54. The van der Waals surface area contributed by atoms with E-state index in [1.54, 1.807) is 24.0 Å². The van der Waals surface area contributed by atoms with Gasteiger partial charge in [0.15, 0.2) is 0 Å². The number of rotatable bonds is 1. The van der Waals surface area contributed by atoms with Crippen molar-refractivity contribution in [1.82, 2.24) is 0 Å². The van der Waals surface area contributed by atoms with Gasteiger partial charge in [0.1, 0.15) is 0 Å². The fourth-order valence-corrected chi connectivity index (χ4v) is 2.14. The van der Waals surface area contributed by atoms with Gasteiger partial charge in [0.25, 0.3) is 0 Å². The average molecular weight is 432 g/mol. The molecule has 0 bridgehead atoms. The van der Waals surface area contributed by atoms with Crippen LogP contribution in [-0.2, 0) is 24.0 Å². The van der Waals surface area contributed by atoms with Crippen molar-refractivity contribution >= 4 is 25.9 Å². The van der Waals surface area contributed by atoms with Gasteiger partial charge in [0.05, 0.1) is 0 Å². The van der Waals surface area contributed by atoms with Crippen molar-refractivity contribution in [2.75, 3.05) is 0 Å². The first-order chi connectivity index (χ1) is 10.8. The fraction of sp³-hybridized carbons (Fsp3) is 0.100. The molecule has 0 saturated carbocycles. The topological polar surface area (TPSA) is 0 Å². The predicted octanol–water partition coefficient (Wildman–Crippen LogP) is -0.284. The minimum Gasteiger partial charge on any atom is -1.00 e. The van der Waals surface area contributed by atoms with Gasteiger partial charge >= 0.3 is 41.6 Å². The van der Waals surface area contributed by atoms with Gasteiger partial charge in [-0.05, 0) is 0 Å². The Bertz CT molecular complexity index is 694. The fourth-order valence-electron chi connectivity index (χ4n) is 2.14. The summed E-state index contributed by atoms with van der Waals surface area (Å²) in [7, 11) is 0. The summed E-state index contributed by atoms with van der Waals surface area (Å²) in [6, 6.07) is 29.3. The summed E-state index contributed by atoms with van der Waals surface area (Å²) in [5.41, 5.74) is 0. The van der Waals surface area contributed by atoms with Gasteiger partial charge in [-0.3, -0.25) is 0 Å². The maximum absolute atomic E-state index is 2.22. The van der Waals surface area contributed by atoms with Gasteiger partial charge in [0.2, 0.25) is 0 Å². The Morgan fingerprint density at radius 2 is 1.12 bits per heavy atom. The van der Waals surface area contributed by atoms with Crippen LogP contribution < -0.4 is 24.8 Å². The Hall–Kier alpha value is -0.812. The van der Waals surface area contributed by atoms with E-state index in [0.29, 0.717) is 0 Å². The van der Waals surface area contributed by atoms with Crippen molar-refractivity contribution < 1.29 is 48.8 Å². The van der Waals surface area contributed by atoms with Crippen LogP contribution in [-0.4, -0.2) is 4.37 Å². The van der Waals surface area contributed by atoms with Crippen LogP contribution in [0.15, 0.2) is 84.9 Å². The monoisotopic (exact) mass is 430 g/mol. The van der Waals surface area contributed by atoms with E-state index < -0.39 is 0 Å². The molecule has 0 heterocycles. The summed E-state index contributed by atoms with van der Waals surface area (Å²) in [6.45, 7) is 2.15. The molecule has 4 heteroatoms. The maximum Gasteiger partial charge on any atom is -0.0809 e. The van der Waals surface area contributed by atoms with Crippen LogP contribution in [0.25, 0.3) is 21.5 Å². The predicted molar refractivity (Wildman–Crippen MR) is 95.3 cm³/mol. The van der Waals surface area contributed by atoms with E-state index in [1.165, 1.54) is 27.9 Å². The molecule has 0 amide bonds. The van der Waals surface area contributed by atoms with Gasteiger partial charge in [-0.15, -0.1) is 59.3 Å². The van der Waals surface area contributed by atoms with Gasteiger partial charge in [-0.25, -0.2) is 0 Å². The molecule has 0 saturated heterocycles. The van der Waals surface area contributed by atoms with Crippen molar-refractivity contribution in [2.24, 2.45) is 0 Å². The van der Waals surface area contributed by atoms with Gasteiger partial charge < -0.3 is 24.8 Å². The maximum atomic E-state index is 2.22. The summed E-state index contributed by atoms with van der Waals surface area (Å²) in [5, 5.41) is 5.32. The van der Waals surface area contributed by atoms with Crippen molar-refractivity contribution in [3.63, 3.8) is 0 Å². The molecule has 0 aliphatic rings. The van der Waals surface area contributed by atoms with Gasteiger partial charge in [-0.2, -0.15) is 35.0 Å². The minimum atomic E-state index is 0. The molecule has 0 fully saturated rings. The van der Waals surface area contributed by atoms with Crippen molar-refractivity contribution in [3.8, 4) is 0 Å². The number of hydrogen-bond acceptors (Lipinski definition) is 0. The van der Waals surface area contributed by atoms with E-state index in [2.05, 4.69) is 96.2 Å². The number of hydrogen-bond donors (Lipinski definition) is 0. The molecule has 0 spiro atoms. The van der Waals surface area contributed by atoms with Crippen LogP contribution in [0.5, 0.6) is 0 Å². The molecule has 4 rings (SSSR count). The Balaban J connectivity index is 0.000000341. The first-order valence-electron chi connectivity index (χ1n) is 7.55. The van der Waals surface area contributed by atoms with Crippen LogP contribution in [0.4, 0.5) is 0 Å². The molecule has 0 aromatic heterocycles. The SMILES string of the molecule is CC[B]=[Zr+2].[Cl-].[Cl-].c1ccc2[cH-]ccc2c1.c1ccc2[cH-]ccc2c1. The van der Waals surface area contributed by atoms with Gasteiger partial charge in [-0.1, -0.05) is 12.1 Å². The smallest absolute Gasteiger partial charge is 0.0809 e. The molecule has 0 atom stereocenters. The van der Waals surface area contributed by atoms with E-state index in [1.807, 2.05) is 0 Å². The van der Waals surface area contributed by atoms with Crippen LogP contribution in [0.2, 0.25) is 6.32 Å². The van der Waals surface area contributed by atoms with E-state index in [9.17, 15) is 0 Å². The molecule has 4 aromatic carbocycles. The van der Waals surface area contributed by atoms with E-state index in [0.717, 1.165) is 0 Å². The summed E-state index contributed by atoms with van der Waals surface area (Å²) in [5.74, 6) is 0. The first kappa shape index (κ1) is 23.2. The molecule has 0 N–H and O–H groups in total. The van der Waals surface area contributed by atoms with Gasteiger partial charge in [0, 0.05) is 0 Å². The Morgan fingerprint density at radius 3 is 1.46 bits per heavy atom. The molecule has 0 radical (unpaired) electrons. The van der Waals surface area contributed by atoms with Crippen LogP contribution in [0.3, 0.4) is 0 Å². The van der Waals surface area contributed by atoms with Crippen LogP contribution >= 0.6 is 0 Å². The Morgan fingerprint density at radius 1 is 0.750 bits per heavy atom. The molecule has 0 aliphatic heterocycles. The van der Waals surface area contributed by atoms with E-state index in [4.69, 9.17) is 0 Å². The van der Waals surface area contributed by atoms with E-state index in [-0.39, 0.29) is 24.8 Å². The second-order valence-corrected chi connectivity index (χ2v) is 5.93. The minimum absolute atomic E-state index is 0. The zero-order chi connectivity index (χ0) is 15.6. The Labute approximate surface area is 172 Å². The molecular weight excluding hydrogens is 413 g/mol. The number of benzene rings is 2. The first-order valence-corrected chi connectivity index (χ1v) is 8.97. The molecule has 24 heavy (non-hydrogen) atoms. The van der Waals surface area contributed by atoms with Crippen LogP contribution in [0, 0.1) is 0 Å². The molecule has 4 aromatic rings. The molecule has 0 unspecified atom stereocenters. The zero-order valence-electron chi connectivity index (χ0n) is 13.6. The summed E-state index contributed by atoms with van der Waals surface area (Å²) in [4.78, 5) is 0. The van der Waals surface area contributed by atoms with E-state index >= 15 is 0 Å². The molecule has 0 nitrogen and oxygen atoms in total. The second-order valence-electron chi connectivity index (χ2n) is 4.92. The molecule has 122 valence electrons. The quantitative estimate of drug-likeness (QED) is 0.287. The third-order valence-electron chi connectivity index (χ3n) is 3.30. The van der Waals surface area contributed by atoms with Crippen LogP contribution in [0.1, 0.15) is 6.92 Å². The standard InChI is InChI=1S/2C9H7.C2H5B.2ClH.Zr/c2*1-2-5-9-7-3-6-8(9)4-1;1-2-3;;;/h2*1-7H;2H2,1H3;2*1H;/q2*-1;;;;+2/p-2. The second kappa shape index (κ2) is 13.5. The number of fused-ring (bicyclic) bond motifs is 2. The third kappa shape index (κ3) is 7.39. The van der Waals surface area contributed by atoms with Crippen molar-refractivity contribution in [2.45, 2.75) is 13.2 Å². The number of halogens is 2. The summed E-state index contributed by atoms with van der Waals surface area (Å²) in [6.07, 6.45) is 1.23. The van der Waals surface area contributed by atoms with Crippen molar-refractivity contribution in [3.05, 3.63) is 84.9 Å². The van der Waals surface area contributed by atoms with Crippen molar-refractivity contribution in [1.29, 1.82) is 0 Å². The largest absolute Gasteiger partial charge is 1.00 e. The third-order valence-corrected chi connectivity index (χ3v) is 4.30. The molecular formula is C20H19BCl2Zr-2.